The maximum Gasteiger partial charge on any atom is 0.273 e. The topological polar surface area (TPSA) is 42.4 Å². The van der Waals surface area contributed by atoms with Crippen LogP contribution in [0.2, 0.25) is 0 Å². The van der Waals surface area contributed by atoms with E-state index in [1.54, 1.807) is 23.5 Å². The molecule has 0 saturated carbocycles. The van der Waals surface area contributed by atoms with Crippen LogP contribution in [-0.2, 0) is 0 Å². The lowest BCUT2D eigenvalue weighted by molar-refractivity contribution is 0.0628. The number of carbonyl (C=O) groups is 1. The highest BCUT2D eigenvalue weighted by Gasteiger charge is 2.26. The van der Waals surface area contributed by atoms with Gasteiger partial charge < -0.3 is 9.64 Å². The summed E-state index contributed by atoms with van der Waals surface area (Å²) < 4.78 is 18.7. The van der Waals surface area contributed by atoms with E-state index >= 15 is 0 Å². The molecule has 0 bridgehead atoms. The third-order valence-corrected chi connectivity index (χ3v) is 5.49. The molecule has 0 spiro atoms. The number of benzene rings is 1. The minimum Gasteiger partial charge on any atom is -0.493 e. The van der Waals surface area contributed by atoms with Crippen LogP contribution in [-0.4, -0.2) is 35.5 Å². The maximum absolute atomic E-state index is 12.9. The molecule has 1 aromatic carbocycles. The lowest BCUT2D eigenvalue weighted by atomic mass is 9.98. The number of halogens is 1. The predicted octanol–water partition coefficient (Wildman–Crippen LogP) is 4.34. The largest absolute Gasteiger partial charge is 0.493 e. The van der Waals surface area contributed by atoms with Gasteiger partial charge in [-0.3, -0.25) is 4.79 Å². The zero-order valence-electron chi connectivity index (χ0n) is 14.6. The quantitative estimate of drug-likeness (QED) is 0.795. The zero-order chi connectivity index (χ0) is 17.8. The molecule has 0 radical (unpaired) electrons. The summed E-state index contributed by atoms with van der Waals surface area (Å²) >= 11 is 1.55. The molecular weight excluding hydrogens is 339 g/mol. The first-order chi connectivity index (χ1) is 12.0. The molecular formula is C19H23FN2O2S. The Hall–Kier alpha value is -1.95. The summed E-state index contributed by atoms with van der Waals surface area (Å²) in [7, 11) is 0. The zero-order valence-corrected chi connectivity index (χ0v) is 15.4. The van der Waals surface area contributed by atoms with Crippen LogP contribution in [0.4, 0.5) is 4.39 Å². The number of nitrogens with zero attached hydrogens (tertiary/aromatic N) is 2. The Morgan fingerprint density at radius 2 is 2.16 bits per heavy atom. The number of likely N-dealkylation sites (tertiary alicyclic amines) is 1. The van der Waals surface area contributed by atoms with Crippen LogP contribution in [0.5, 0.6) is 5.75 Å². The molecule has 1 amide bonds. The maximum atomic E-state index is 12.9. The van der Waals surface area contributed by atoms with Gasteiger partial charge in [-0.25, -0.2) is 9.37 Å². The van der Waals surface area contributed by atoms with E-state index in [9.17, 15) is 9.18 Å². The number of aromatic nitrogens is 1. The van der Waals surface area contributed by atoms with Gasteiger partial charge in [-0.05, 0) is 37.1 Å². The molecule has 1 aromatic heterocycles. The van der Waals surface area contributed by atoms with Crippen LogP contribution >= 0.6 is 11.3 Å². The minimum atomic E-state index is -0.272. The van der Waals surface area contributed by atoms with Crippen LogP contribution in [0.25, 0.3) is 0 Å². The summed E-state index contributed by atoms with van der Waals surface area (Å²) in [6.07, 6.45) is 1.99. The minimum absolute atomic E-state index is 0.00892. The van der Waals surface area contributed by atoms with Gasteiger partial charge >= 0.3 is 0 Å². The molecule has 0 N–H and O–H groups in total. The molecule has 1 saturated heterocycles. The molecule has 2 heterocycles. The first-order valence-electron chi connectivity index (χ1n) is 8.66. The Morgan fingerprint density at radius 1 is 1.40 bits per heavy atom. The molecule has 1 unspecified atom stereocenters. The highest BCUT2D eigenvalue weighted by molar-refractivity contribution is 7.09. The highest BCUT2D eigenvalue weighted by atomic mass is 32.1. The van der Waals surface area contributed by atoms with Crippen molar-refractivity contribution in [2.24, 2.45) is 5.92 Å². The van der Waals surface area contributed by atoms with E-state index in [1.165, 1.54) is 12.1 Å². The van der Waals surface area contributed by atoms with Gasteiger partial charge in [0.25, 0.3) is 5.91 Å². The lowest BCUT2D eigenvalue weighted by Gasteiger charge is -2.32. The summed E-state index contributed by atoms with van der Waals surface area (Å²) in [5.41, 5.74) is 0.550. The number of carbonyl (C=O) groups excluding carboxylic acids is 1. The first-order valence-corrected chi connectivity index (χ1v) is 9.54. The van der Waals surface area contributed by atoms with Crippen molar-refractivity contribution >= 4 is 17.2 Å². The Morgan fingerprint density at radius 3 is 2.84 bits per heavy atom. The van der Waals surface area contributed by atoms with Crippen LogP contribution in [0.3, 0.4) is 0 Å². The normalized spacial score (nSPS) is 17.8. The van der Waals surface area contributed by atoms with Gasteiger partial charge in [0.05, 0.1) is 11.6 Å². The van der Waals surface area contributed by atoms with E-state index < -0.39 is 0 Å². The number of hydrogen-bond acceptors (Lipinski definition) is 4. The molecule has 1 aliphatic rings. The second kappa shape index (κ2) is 7.95. The Labute approximate surface area is 151 Å². The van der Waals surface area contributed by atoms with E-state index in [2.05, 4.69) is 18.8 Å². The molecule has 2 aromatic rings. The summed E-state index contributed by atoms with van der Waals surface area (Å²) in [4.78, 5) is 19.0. The fourth-order valence-corrected chi connectivity index (χ4v) is 3.75. The van der Waals surface area contributed by atoms with Crippen molar-refractivity contribution in [1.82, 2.24) is 9.88 Å². The molecule has 6 heteroatoms. The smallest absolute Gasteiger partial charge is 0.273 e. The molecule has 3 rings (SSSR count). The van der Waals surface area contributed by atoms with Gasteiger partial charge in [-0.15, -0.1) is 11.3 Å². The monoisotopic (exact) mass is 362 g/mol. The predicted molar refractivity (Wildman–Crippen MR) is 96.7 cm³/mol. The standard InChI is InChI=1S/C19H23FN2O2S/c1-13(2)18-21-17(12-25-18)19(23)22-9-3-4-14(10-22)11-24-16-7-5-15(20)6-8-16/h5-8,12-14H,3-4,9-11H2,1-2H3. The fraction of sp³-hybridized carbons (Fsp3) is 0.474. The average Bonchev–Trinajstić information content (AvgIpc) is 3.11. The average molecular weight is 362 g/mol. The number of thiazole rings is 1. The van der Waals surface area contributed by atoms with E-state index in [1.807, 2.05) is 10.3 Å². The SMILES string of the molecule is CC(C)c1nc(C(=O)N2CCCC(COc3ccc(F)cc3)C2)cs1. The van der Waals surface area contributed by atoms with Crippen molar-refractivity contribution in [3.8, 4) is 5.75 Å². The number of piperidine rings is 1. The second-order valence-electron chi connectivity index (χ2n) is 6.75. The van der Waals surface area contributed by atoms with Crippen molar-refractivity contribution in [3.63, 3.8) is 0 Å². The van der Waals surface area contributed by atoms with Crippen molar-refractivity contribution in [1.29, 1.82) is 0 Å². The van der Waals surface area contributed by atoms with Gasteiger partial charge in [0.15, 0.2) is 0 Å². The van der Waals surface area contributed by atoms with Gasteiger partial charge in [0, 0.05) is 30.3 Å². The van der Waals surface area contributed by atoms with Crippen LogP contribution in [0.1, 0.15) is 48.1 Å². The Bertz CT molecular complexity index is 714. The lowest BCUT2D eigenvalue weighted by Crippen LogP contribution is -2.41. The summed E-state index contributed by atoms with van der Waals surface area (Å²) in [6.45, 7) is 6.13. The molecule has 1 fully saturated rings. The summed E-state index contributed by atoms with van der Waals surface area (Å²) in [5, 5.41) is 2.85. The Kier molecular flexibility index (Phi) is 5.68. The van der Waals surface area contributed by atoms with Crippen molar-refractivity contribution in [2.45, 2.75) is 32.6 Å². The molecule has 25 heavy (non-hydrogen) atoms. The Balaban J connectivity index is 1.56. The van der Waals surface area contributed by atoms with E-state index in [0.717, 1.165) is 24.4 Å². The summed E-state index contributed by atoms with van der Waals surface area (Å²) in [6, 6.07) is 6.04. The second-order valence-corrected chi connectivity index (χ2v) is 7.64. The third kappa shape index (κ3) is 4.57. The third-order valence-electron chi connectivity index (χ3n) is 4.34. The van der Waals surface area contributed by atoms with E-state index in [-0.39, 0.29) is 17.6 Å². The van der Waals surface area contributed by atoms with Gasteiger partial charge in [-0.2, -0.15) is 0 Å². The van der Waals surface area contributed by atoms with Gasteiger partial charge in [0.1, 0.15) is 17.3 Å². The molecule has 4 nitrogen and oxygen atoms in total. The molecule has 134 valence electrons. The fourth-order valence-electron chi connectivity index (χ4n) is 2.94. The van der Waals surface area contributed by atoms with Gasteiger partial charge in [0.2, 0.25) is 0 Å². The van der Waals surface area contributed by atoms with Crippen LogP contribution in [0, 0.1) is 11.7 Å². The van der Waals surface area contributed by atoms with Gasteiger partial charge in [-0.1, -0.05) is 13.8 Å². The number of ether oxygens (including phenoxy) is 1. The molecule has 0 aliphatic carbocycles. The van der Waals surface area contributed by atoms with Crippen molar-refractivity contribution in [2.75, 3.05) is 19.7 Å². The number of hydrogen-bond donors (Lipinski definition) is 0. The van der Waals surface area contributed by atoms with Crippen molar-refractivity contribution in [3.05, 3.63) is 46.2 Å². The number of rotatable bonds is 5. The number of amides is 1. The van der Waals surface area contributed by atoms with E-state index in [0.29, 0.717) is 30.5 Å². The molecule has 1 aliphatic heterocycles. The summed E-state index contributed by atoms with van der Waals surface area (Å²) in [5.74, 6) is 1.02. The first kappa shape index (κ1) is 17.9. The van der Waals surface area contributed by atoms with Crippen molar-refractivity contribution < 1.29 is 13.9 Å². The molecule has 1 atom stereocenters. The van der Waals surface area contributed by atoms with E-state index in [4.69, 9.17) is 4.74 Å². The van der Waals surface area contributed by atoms with Crippen LogP contribution in [0.15, 0.2) is 29.6 Å². The van der Waals surface area contributed by atoms with Crippen LogP contribution < -0.4 is 4.74 Å². The highest BCUT2D eigenvalue weighted by Crippen LogP contribution is 2.23.